The van der Waals surface area contributed by atoms with Crippen LogP contribution in [0.2, 0.25) is 18.1 Å². The van der Waals surface area contributed by atoms with Crippen LogP contribution >= 0.6 is 0 Å². The first-order valence-electron chi connectivity index (χ1n) is 14.8. The molecule has 238 valence electrons. The van der Waals surface area contributed by atoms with Crippen molar-refractivity contribution in [3.05, 3.63) is 60.3 Å². The Hall–Kier alpha value is -3.03. The van der Waals surface area contributed by atoms with Gasteiger partial charge < -0.3 is 13.9 Å². The Morgan fingerprint density at radius 2 is 1.77 bits per heavy atom. The lowest BCUT2D eigenvalue weighted by Crippen LogP contribution is -2.40. The van der Waals surface area contributed by atoms with Gasteiger partial charge in [0.15, 0.2) is 14.1 Å². The van der Waals surface area contributed by atoms with Gasteiger partial charge in [0.25, 0.3) is 0 Å². The second kappa shape index (κ2) is 13.5. The molecule has 1 aromatic carbocycles. The van der Waals surface area contributed by atoms with Crippen molar-refractivity contribution in [1.82, 2.24) is 29.5 Å². The highest BCUT2D eigenvalue weighted by molar-refractivity contribution is 7.84. The van der Waals surface area contributed by atoms with E-state index >= 15 is 0 Å². The number of fused-ring (bicyclic) bond motifs is 1. The third kappa shape index (κ3) is 7.97. The molecule has 0 spiro atoms. The third-order valence-corrected chi connectivity index (χ3v) is 14.0. The lowest BCUT2D eigenvalue weighted by atomic mass is 10.1. The number of rotatable bonds is 12. The van der Waals surface area contributed by atoms with Gasteiger partial charge in [-0.15, -0.1) is 0 Å². The fourth-order valence-electron chi connectivity index (χ4n) is 4.07. The minimum atomic E-state index is -1.96. The number of nitrogens with zero attached hydrogens (tertiary/aromatic N) is 5. The van der Waals surface area contributed by atoms with Crippen molar-refractivity contribution in [3.8, 4) is 22.8 Å². The maximum Gasteiger partial charge on any atom is 0.192 e. The molecule has 1 N–H and O–H groups in total. The van der Waals surface area contributed by atoms with Crippen LogP contribution in [0.4, 0.5) is 0 Å². The van der Waals surface area contributed by atoms with Crippen molar-refractivity contribution >= 4 is 30.2 Å². The molecule has 44 heavy (non-hydrogen) atoms. The fourth-order valence-corrected chi connectivity index (χ4v) is 5.80. The molecular formula is C32H46N6O4SSi. The van der Waals surface area contributed by atoms with Gasteiger partial charge in [0.05, 0.1) is 81.6 Å². The van der Waals surface area contributed by atoms with Gasteiger partial charge >= 0.3 is 0 Å². The van der Waals surface area contributed by atoms with Gasteiger partial charge in [-0.25, -0.2) is 18.6 Å². The maximum absolute atomic E-state index is 12.7. The molecule has 0 aliphatic carbocycles. The lowest BCUT2D eigenvalue weighted by molar-refractivity contribution is 0.147. The Kier molecular flexibility index (Phi) is 10.4. The summed E-state index contributed by atoms with van der Waals surface area (Å²) in [6.45, 7) is 20.1. The minimum Gasteiger partial charge on any atom is -0.490 e. The molecular weight excluding hydrogens is 593 g/mol. The van der Waals surface area contributed by atoms with Crippen LogP contribution in [-0.2, 0) is 26.8 Å². The average molecular weight is 639 g/mol. The summed E-state index contributed by atoms with van der Waals surface area (Å²) in [7, 11) is -1.55. The van der Waals surface area contributed by atoms with E-state index in [-0.39, 0.29) is 15.8 Å². The molecule has 0 aliphatic heterocycles. The van der Waals surface area contributed by atoms with Crippen molar-refractivity contribution in [1.29, 1.82) is 0 Å². The van der Waals surface area contributed by atoms with E-state index in [1.807, 2.05) is 58.0 Å². The van der Waals surface area contributed by atoms with E-state index in [0.29, 0.717) is 31.4 Å². The Morgan fingerprint density at radius 3 is 2.45 bits per heavy atom. The van der Waals surface area contributed by atoms with Crippen LogP contribution in [0.1, 0.15) is 65.9 Å². The van der Waals surface area contributed by atoms with E-state index in [9.17, 15) is 4.21 Å². The Balaban J connectivity index is 1.73. The van der Waals surface area contributed by atoms with Crippen molar-refractivity contribution in [2.75, 3.05) is 20.3 Å². The van der Waals surface area contributed by atoms with E-state index in [4.69, 9.17) is 23.9 Å². The molecule has 2 atom stereocenters. The van der Waals surface area contributed by atoms with Crippen molar-refractivity contribution < 1.29 is 18.1 Å². The van der Waals surface area contributed by atoms with Gasteiger partial charge in [0, 0.05) is 12.7 Å². The van der Waals surface area contributed by atoms with Gasteiger partial charge in [0.1, 0.15) is 12.4 Å². The SMILES string of the molecule is COCCOc1cc(-c2cccc([C@H](C)N[S@](=O)C(C)(C)C)n2)cc2c1cnn2-c1cncc(CO[Si](C)(C)C(C)(C)C)n1. The highest BCUT2D eigenvalue weighted by Gasteiger charge is 2.37. The summed E-state index contributed by atoms with van der Waals surface area (Å²) in [5.74, 6) is 1.25. The summed E-state index contributed by atoms with van der Waals surface area (Å²) in [4.78, 5) is 14.3. The van der Waals surface area contributed by atoms with Crippen LogP contribution in [0.15, 0.2) is 48.9 Å². The van der Waals surface area contributed by atoms with E-state index in [0.717, 1.165) is 33.5 Å². The van der Waals surface area contributed by atoms with Gasteiger partial charge in [-0.1, -0.05) is 26.8 Å². The third-order valence-electron chi connectivity index (χ3n) is 7.82. The highest BCUT2D eigenvalue weighted by atomic mass is 32.2. The summed E-state index contributed by atoms with van der Waals surface area (Å²) >= 11 is 0. The van der Waals surface area contributed by atoms with E-state index in [1.165, 1.54) is 0 Å². The maximum atomic E-state index is 12.7. The van der Waals surface area contributed by atoms with E-state index in [2.05, 4.69) is 48.7 Å². The van der Waals surface area contributed by atoms with E-state index in [1.54, 1.807) is 30.4 Å². The highest BCUT2D eigenvalue weighted by Crippen LogP contribution is 2.37. The molecule has 0 unspecified atom stereocenters. The number of benzene rings is 1. The Morgan fingerprint density at radius 1 is 1.02 bits per heavy atom. The van der Waals surface area contributed by atoms with Crippen molar-refractivity contribution in [2.45, 2.75) is 84.0 Å². The first-order chi connectivity index (χ1) is 20.6. The zero-order valence-corrected chi connectivity index (χ0v) is 29.4. The predicted octanol–water partition coefficient (Wildman–Crippen LogP) is 6.54. The molecule has 0 fully saturated rings. The average Bonchev–Trinajstić information content (AvgIpc) is 3.40. The summed E-state index contributed by atoms with van der Waals surface area (Å²) in [6.07, 6.45) is 5.21. The van der Waals surface area contributed by atoms with Gasteiger partial charge in [-0.3, -0.25) is 9.97 Å². The molecule has 0 saturated heterocycles. The molecule has 10 nitrogen and oxygen atoms in total. The van der Waals surface area contributed by atoms with Gasteiger partial charge in [0.2, 0.25) is 0 Å². The molecule has 0 amide bonds. The normalized spacial score (nSPS) is 14.1. The first-order valence-corrected chi connectivity index (χ1v) is 18.9. The standard InChI is InChI=1S/C32H46N6O4SSi/c1-22(37-43(39)31(2,3)4)26-12-11-13-27(36-26)23-16-28-25(29(17-23)41-15-14-40-8)19-34-38(28)30-20-33-18-24(35-30)21-42-44(9,10)32(5,6)7/h11-13,16-20,22,37H,14-15,21H2,1-10H3/t22-,43+/m0/s1. The zero-order chi connectivity index (χ0) is 32.3. The van der Waals surface area contributed by atoms with Crippen LogP contribution < -0.4 is 9.46 Å². The smallest absolute Gasteiger partial charge is 0.192 e. The van der Waals surface area contributed by atoms with Crippen LogP contribution in [0.5, 0.6) is 5.75 Å². The number of aromatic nitrogens is 5. The molecule has 4 rings (SSSR count). The number of hydrogen-bond acceptors (Lipinski definition) is 8. The molecule has 4 aromatic rings. The quantitative estimate of drug-likeness (QED) is 0.138. The summed E-state index contributed by atoms with van der Waals surface area (Å²) in [5, 5.41) is 5.61. The lowest BCUT2D eigenvalue weighted by Gasteiger charge is -2.36. The van der Waals surface area contributed by atoms with Crippen LogP contribution in [0.25, 0.3) is 28.0 Å². The van der Waals surface area contributed by atoms with Crippen LogP contribution in [0.3, 0.4) is 0 Å². The number of ether oxygens (including phenoxy) is 2. The Bertz CT molecular complexity index is 1610. The molecule has 0 bridgehead atoms. The van der Waals surface area contributed by atoms with Crippen LogP contribution in [-0.4, -0.2) is 62.3 Å². The molecule has 3 heterocycles. The molecule has 12 heteroatoms. The largest absolute Gasteiger partial charge is 0.490 e. The number of nitrogens with one attached hydrogen (secondary N) is 1. The number of methoxy groups -OCH3 is 1. The summed E-state index contributed by atoms with van der Waals surface area (Å²) in [5.41, 5.74) is 3.94. The van der Waals surface area contributed by atoms with Crippen molar-refractivity contribution in [2.24, 2.45) is 0 Å². The molecule has 0 saturated carbocycles. The van der Waals surface area contributed by atoms with Gasteiger partial charge in [-0.05, 0) is 70.1 Å². The molecule has 3 aromatic heterocycles. The zero-order valence-electron chi connectivity index (χ0n) is 27.6. The monoisotopic (exact) mass is 638 g/mol. The van der Waals surface area contributed by atoms with Gasteiger partial charge in [-0.2, -0.15) is 5.10 Å². The number of pyridine rings is 1. The second-order valence-electron chi connectivity index (χ2n) is 13.4. The molecule has 0 aliphatic rings. The minimum absolute atomic E-state index is 0.0920. The summed E-state index contributed by atoms with van der Waals surface area (Å²) < 4.78 is 35.1. The van der Waals surface area contributed by atoms with Crippen LogP contribution in [0, 0.1) is 0 Å². The number of hydrogen-bond donors (Lipinski definition) is 1. The van der Waals surface area contributed by atoms with Crippen molar-refractivity contribution in [3.63, 3.8) is 0 Å². The first kappa shape index (κ1) is 33.9. The fraction of sp³-hybridized carbons (Fsp3) is 0.500. The topological polar surface area (TPSA) is 113 Å². The summed E-state index contributed by atoms with van der Waals surface area (Å²) in [6, 6.07) is 9.64. The molecule has 0 radical (unpaired) electrons. The van der Waals surface area contributed by atoms with E-state index < -0.39 is 19.3 Å². The second-order valence-corrected chi connectivity index (χ2v) is 20.2. The Labute approximate surface area is 264 Å². The predicted molar refractivity (Wildman–Crippen MR) is 179 cm³/mol.